The highest BCUT2D eigenvalue weighted by atomic mass is 32.2. The summed E-state index contributed by atoms with van der Waals surface area (Å²) in [7, 11) is -2.09. The average molecular weight is 491 g/mol. The molecule has 1 saturated heterocycles. The molecule has 0 spiro atoms. The number of benzene rings is 2. The summed E-state index contributed by atoms with van der Waals surface area (Å²) in [4.78, 5) is 10.8. The lowest BCUT2D eigenvalue weighted by atomic mass is 10.2. The second-order valence-electron chi connectivity index (χ2n) is 7.41. The summed E-state index contributed by atoms with van der Waals surface area (Å²) in [5.74, 6) is 1.03. The zero-order valence-corrected chi connectivity index (χ0v) is 19.5. The van der Waals surface area contributed by atoms with Gasteiger partial charge in [0.1, 0.15) is 5.75 Å². The second-order valence-corrected chi connectivity index (χ2v) is 10.3. The zero-order chi connectivity index (χ0) is 23.4. The Bertz CT molecular complexity index is 1260. The highest BCUT2D eigenvalue weighted by Crippen LogP contribution is 2.32. The predicted molar refractivity (Wildman–Crippen MR) is 122 cm³/mol. The lowest BCUT2D eigenvalue weighted by Crippen LogP contribution is -2.35. The molecule has 0 atom stereocenters. The van der Waals surface area contributed by atoms with Gasteiger partial charge in [0.05, 0.1) is 16.9 Å². The summed E-state index contributed by atoms with van der Waals surface area (Å²) in [5, 5.41) is 19.4. The Labute approximate surface area is 195 Å². The maximum Gasteiger partial charge on any atom is 0.277 e. The van der Waals surface area contributed by atoms with Gasteiger partial charge in [-0.2, -0.15) is 4.31 Å². The van der Waals surface area contributed by atoms with Crippen LogP contribution in [0, 0.1) is 10.1 Å². The summed E-state index contributed by atoms with van der Waals surface area (Å²) in [6.45, 7) is 1.05. The number of non-ortho nitro benzene ring substituents is 1. The topological polar surface area (TPSA) is 129 Å². The van der Waals surface area contributed by atoms with Crippen molar-refractivity contribution in [2.24, 2.45) is 0 Å². The molecule has 2 aromatic carbocycles. The van der Waals surface area contributed by atoms with E-state index >= 15 is 0 Å². The van der Waals surface area contributed by atoms with Crippen molar-refractivity contribution < 1.29 is 22.5 Å². The minimum Gasteiger partial charge on any atom is -0.496 e. The molecule has 1 aromatic heterocycles. The molecule has 0 N–H and O–H groups in total. The van der Waals surface area contributed by atoms with E-state index in [0.717, 1.165) is 19.3 Å². The maximum atomic E-state index is 13.0. The largest absolute Gasteiger partial charge is 0.496 e. The minimum absolute atomic E-state index is 0.0376. The fraction of sp³-hybridized carbons (Fsp3) is 0.333. The van der Waals surface area contributed by atoms with E-state index in [4.69, 9.17) is 9.15 Å². The molecule has 3 aromatic rings. The first-order valence-corrected chi connectivity index (χ1v) is 12.7. The van der Waals surface area contributed by atoms with Crippen molar-refractivity contribution in [1.29, 1.82) is 0 Å². The first-order valence-electron chi connectivity index (χ1n) is 10.3. The van der Waals surface area contributed by atoms with Crippen molar-refractivity contribution in [3.8, 4) is 17.2 Å². The van der Waals surface area contributed by atoms with Crippen LogP contribution in [0.15, 0.2) is 57.0 Å². The molecule has 0 saturated carbocycles. The third kappa shape index (κ3) is 5.18. The quantitative estimate of drug-likeness (QED) is 0.260. The van der Waals surface area contributed by atoms with Crippen molar-refractivity contribution in [3.05, 3.63) is 58.1 Å². The van der Waals surface area contributed by atoms with Gasteiger partial charge in [0, 0.05) is 42.1 Å². The Kier molecular flexibility index (Phi) is 6.96. The Balaban J connectivity index is 1.51. The number of ether oxygens (including phenoxy) is 1. The lowest BCUT2D eigenvalue weighted by molar-refractivity contribution is -0.384. The van der Waals surface area contributed by atoms with Gasteiger partial charge in [-0.15, -0.1) is 10.2 Å². The van der Waals surface area contributed by atoms with E-state index in [9.17, 15) is 18.5 Å². The Morgan fingerprint density at radius 3 is 2.67 bits per heavy atom. The molecule has 0 bridgehead atoms. The van der Waals surface area contributed by atoms with E-state index in [1.54, 1.807) is 24.3 Å². The molecule has 1 aliphatic heterocycles. The van der Waals surface area contributed by atoms with Gasteiger partial charge in [-0.1, -0.05) is 24.2 Å². The van der Waals surface area contributed by atoms with Crippen LogP contribution in [0.4, 0.5) is 5.69 Å². The average Bonchev–Trinajstić information content (AvgIpc) is 3.32. The van der Waals surface area contributed by atoms with Crippen molar-refractivity contribution in [1.82, 2.24) is 14.5 Å². The summed E-state index contributed by atoms with van der Waals surface area (Å²) >= 11 is 1.20. The molecular weight excluding hydrogens is 468 g/mol. The molecular formula is C21H22N4O6S2. The summed E-state index contributed by atoms with van der Waals surface area (Å²) < 4.78 is 38.4. The van der Waals surface area contributed by atoms with Gasteiger partial charge in [0.2, 0.25) is 15.9 Å². The van der Waals surface area contributed by atoms with E-state index in [1.165, 1.54) is 41.4 Å². The Hall–Kier alpha value is -2.96. The SMILES string of the molecule is COc1ccc([N+](=O)[O-])cc1CSc1nnc(-c2cccc(S(=O)(=O)N3CCCCC3)c2)o1. The minimum atomic E-state index is -3.58. The van der Waals surface area contributed by atoms with Gasteiger partial charge < -0.3 is 9.15 Å². The summed E-state index contributed by atoms with van der Waals surface area (Å²) in [6.07, 6.45) is 2.76. The number of hydrogen-bond acceptors (Lipinski definition) is 9. The molecule has 1 aliphatic rings. The molecule has 2 heterocycles. The van der Waals surface area contributed by atoms with Crippen LogP contribution in [-0.2, 0) is 15.8 Å². The first-order chi connectivity index (χ1) is 15.9. The summed E-state index contributed by atoms with van der Waals surface area (Å²) in [6, 6.07) is 10.8. The Morgan fingerprint density at radius 2 is 1.94 bits per heavy atom. The molecule has 1 fully saturated rings. The van der Waals surface area contributed by atoms with Gasteiger partial charge in [0.15, 0.2) is 0 Å². The van der Waals surface area contributed by atoms with Crippen LogP contribution >= 0.6 is 11.8 Å². The molecule has 0 amide bonds. The molecule has 0 unspecified atom stereocenters. The highest BCUT2D eigenvalue weighted by Gasteiger charge is 2.26. The smallest absolute Gasteiger partial charge is 0.277 e. The number of nitrogens with zero attached hydrogens (tertiary/aromatic N) is 4. The van der Waals surface area contributed by atoms with E-state index in [1.807, 2.05) is 0 Å². The monoisotopic (exact) mass is 490 g/mol. The zero-order valence-electron chi connectivity index (χ0n) is 17.8. The van der Waals surface area contributed by atoms with Crippen molar-refractivity contribution in [2.45, 2.75) is 35.1 Å². The standard InChI is InChI=1S/C21H22N4O6S2/c1-30-19-9-8-17(25(26)27)12-16(19)14-32-21-23-22-20(31-21)15-6-5-7-18(13-15)33(28,29)24-10-3-2-4-11-24/h5-9,12-13H,2-4,10-11,14H2,1H3. The fourth-order valence-electron chi connectivity index (χ4n) is 3.56. The number of piperidine rings is 1. The van der Waals surface area contributed by atoms with Gasteiger partial charge in [0.25, 0.3) is 10.9 Å². The van der Waals surface area contributed by atoms with E-state index in [0.29, 0.717) is 35.7 Å². The molecule has 0 radical (unpaired) electrons. The molecule has 4 rings (SSSR count). The van der Waals surface area contributed by atoms with Crippen LogP contribution in [0.25, 0.3) is 11.5 Å². The van der Waals surface area contributed by atoms with Crippen molar-refractivity contribution >= 4 is 27.5 Å². The molecule has 10 nitrogen and oxygen atoms in total. The number of aromatic nitrogens is 2. The van der Waals surface area contributed by atoms with Gasteiger partial charge in [-0.3, -0.25) is 10.1 Å². The van der Waals surface area contributed by atoms with Crippen LogP contribution < -0.4 is 4.74 Å². The Morgan fingerprint density at radius 1 is 1.15 bits per heavy atom. The number of sulfonamides is 1. The number of thioether (sulfide) groups is 1. The summed E-state index contributed by atoms with van der Waals surface area (Å²) in [5.41, 5.74) is 1.08. The molecule has 174 valence electrons. The maximum absolute atomic E-state index is 13.0. The highest BCUT2D eigenvalue weighted by molar-refractivity contribution is 7.98. The molecule has 0 aliphatic carbocycles. The number of rotatable bonds is 8. The fourth-order valence-corrected chi connectivity index (χ4v) is 5.86. The van der Waals surface area contributed by atoms with Crippen LogP contribution in [-0.4, -0.2) is 48.0 Å². The number of hydrogen-bond donors (Lipinski definition) is 0. The second kappa shape index (κ2) is 9.89. The molecule has 12 heteroatoms. The van der Waals surface area contributed by atoms with E-state index in [-0.39, 0.29) is 21.7 Å². The van der Waals surface area contributed by atoms with Crippen LogP contribution in [0.3, 0.4) is 0 Å². The van der Waals surface area contributed by atoms with Gasteiger partial charge >= 0.3 is 0 Å². The van der Waals surface area contributed by atoms with Gasteiger partial charge in [-0.25, -0.2) is 8.42 Å². The normalized spacial score (nSPS) is 14.8. The predicted octanol–water partition coefficient (Wildman–Crippen LogP) is 4.12. The van der Waals surface area contributed by atoms with Crippen LogP contribution in [0.1, 0.15) is 24.8 Å². The third-order valence-corrected chi connectivity index (χ3v) is 8.03. The first kappa shape index (κ1) is 23.2. The third-order valence-electron chi connectivity index (χ3n) is 5.27. The molecule has 33 heavy (non-hydrogen) atoms. The van der Waals surface area contributed by atoms with E-state index < -0.39 is 14.9 Å². The lowest BCUT2D eigenvalue weighted by Gasteiger charge is -2.25. The number of nitro benzene ring substituents is 1. The number of methoxy groups -OCH3 is 1. The van der Waals surface area contributed by atoms with Crippen LogP contribution in [0.2, 0.25) is 0 Å². The van der Waals surface area contributed by atoms with Crippen LogP contribution in [0.5, 0.6) is 5.75 Å². The number of nitro groups is 1. The van der Waals surface area contributed by atoms with E-state index in [2.05, 4.69) is 10.2 Å². The van der Waals surface area contributed by atoms with Crippen molar-refractivity contribution in [2.75, 3.05) is 20.2 Å². The van der Waals surface area contributed by atoms with Gasteiger partial charge in [-0.05, 0) is 37.1 Å². The van der Waals surface area contributed by atoms with Crippen molar-refractivity contribution in [3.63, 3.8) is 0 Å².